The molecule has 1 aliphatic heterocycles. The maximum Gasteiger partial charge on any atom is 0.253 e. The van der Waals surface area contributed by atoms with Gasteiger partial charge in [-0.1, -0.05) is 47.5 Å². The van der Waals surface area contributed by atoms with Crippen molar-refractivity contribution >= 4 is 17.5 Å². The molecule has 2 aromatic rings. The molecule has 0 bridgehead atoms. The third-order valence-electron chi connectivity index (χ3n) is 4.40. The highest BCUT2D eigenvalue weighted by molar-refractivity contribution is 6.31. The Morgan fingerprint density at radius 1 is 1.21 bits per heavy atom. The van der Waals surface area contributed by atoms with Crippen molar-refractivity contribution in [3.8, 4) is 0 Å². The SMILES string of the molecule is Cc1ccc(C(=O)N2CCCC(OCc3ccccc3Cl)C2)cc1. The summed E-state index contributed by atoms with van der Waals surface area (Å²) < 4.78 is 6.01. The van der Waals surface area contributed by atoms with Gasteiger partial charge < -0.3 is 9.64 Å². The number of carbonyl (C=O) groups excluding carboxylic acids is 1. The maximum atomic E-state index is 12.6. The van der Waals surface area contributed by atoms with E-state index in [2.05, 4.69) is 0 Å². The van der Waals surface area contributed by atoms with E-state index in [4.69, 9.17) is 16.3 Å². The molecule has 2 aromatic carbocycles. The molecule has 0 radical (unpaired) electrons. The number of hydrogen-bond donors (Lipinski definition) is 0. The van der Waals surface area contributed by atoms with Crippen molar-refractivity contribution in [1.82, 2.24) is 4.90 Å². The van der Waals surface area contributed by atoms with Gasteiger partial charge >= 0.3 is 0 Å². The second-order valence-corrected chi connectivity index (χ2v) is 6.69. The first kappa shape index (κ1) is 17.0. The van der Waals surface area contributed by atoms with Crippen LogP contribution in [0.3, 0.4) is 0 Å². The molecule has 0 aromatic heterocycles. The number of ether oxygens (including phenoxy) is 1. The summed E-state index contributed by atoms with van der Waals surface area (Å²) in [5.41, 5.74) is 2.89. The van der Waals surface area contributed by atoms with Gasteiger partial charge in [0, 0.05) is 23.7 Å². The lowest BCUT2D eigenvalue weighted by Gasteiger charge is -2.33. The van der Waals surface area contributed by atoms with Crippen LogP contribution in [0.5, 0.6) is 0 Å². The first-order valence-corrected chi connectivity index (χ1v) is 8.72. The van der Waals surface area contributed by atoms with Gasteiger partial charge in [0.2, 0.25) is 0 Å². The van der Waals surface area contributed by atoms with Crippen LogP contribution in [0.2, 0.25) is 5.02 Å². The normalized spacial score (nSPS) is 17.8. The van der Waals surface area contributed by atoms with Crippen molar-refractivity contribution < 1.29 is 9.53 Å². The summed E-state index contributed by atoms with van der Waals surface area (Å²) in [7, 11) is 0. The van der Waals surface area contributed by atoms with Crippen LogP contribution in [0.15, 0.2) is 48.5 Å². The average molecular weight is 344 g/mol. The molecule has 3 nitrogen and oxygen atoms in total. The number of carbonyl (C=O) groups is 1. The highest BCUT2D eigenvalue weighted by Gasteiger charge is 2.25. The van der Waals surface area contributed by atoms with E-state index in [0.29, 0.717) is 13.2 Å². The van der Waals surface area contributed by atoms with Gasteiger partial charge in [-0.3, -0.25) is 4.79 Å². The van der Waals surface area contributed by atoms with Crippen LogP contribution >= 0.6 is 11.6 Å². The third-order valence-corrected chi connectivity index (χ3v) is 4.76. The minimum atomic E-state index is 0.0596. The minimum Gasteiger partial charge on any atom is -0.372 e. The van der Waals surface area contributed by atoms with Crippen LogP contribution in [-0.4, -0.2) is 30.0 Å². The molecule has 0 saturated carbocycles. The number of nitrogens with zero attached hydrogens (tertiary/aromatic N) is 1. The second-order valence-electron chi connectivity index (χ2n) is 6.28. The summed E-state index contributed by atoms with van der Waals surface area (Å²) in [5, 5.41) is 0.723. The molecule has 1 saturated heterocycles. The van der Waals surface area contributed by atoms with Gasteiger partial charge in [-0.05, 0) is 43.5 Å². The number of piperidine rings is 1. The highest BCUT2D eigenvalue weighted by atomic mass is 35.5. The van der Waals surface area contributed by atoms with Crippen molar-refractivity contribution in [2.24, 2.45) is 0 Å². The molecule has 1 amide bonds. The standard InChI is InChI=1S/C20H22ClNO2/c1-15-8-10-16(11-9-15)20(23)22-12-4-6-18(13-22)24-14-17-5-2-3-7-19(17)21/h2-3,5,7-11,18H,4,6,12-14H2,1H3. The van der Waals surface area contributed by atoms with Gasteiger partial charge in [0.25, 0.3) is 5.91 Å². The topological polar surface area (TPSA) is 29.5 Å². The summed E-state index contributed by atoms with van der Waals surface area (Å²) in [6, 6.07) is 15.4. The number of hydrogen-bond acceptors (Lipinski definition) is 2. The largest absolute Gasteiger partial charge is 0.372 e. The Balaban J connectivity index is 1.59. The molecule has 0 N–H and O–H groups in total. The monoisotopic (exact) mass is 343 g/mol. The summed E-state index contributed by atoms with van der Waals surface area (Å²) in [4.78, 5) is 14.5. The lowest BCUT2D eigenvalue weighted by atomic mass is 10.1. The van der Waals surface area contributed by atoms with Crippen LogP contribution < -0.4 is 0 Å². The Hall–Kier alpha value is -1.84. The number of halogens is 1. The van der Waals surface area contributed by atoms with Crippen molar-refractivity contribution in [2.45, 2.75) is 32.5 Å². The molecule has 126 valence electrons. The van der Waals surface area contributed by atoms with E-state index in [1.54, 1.807) is 0 Å². The highest BCUT2D eigenvalue weighted by Crippen LogP contribution is 2.20. The number of rotatable bonds is 4. The van der Waals surface area contributed by atoms with Crippen molar-refractivity contribution in [3.05, 3.63) is 70.2 Å². The fourth-order valence-electron chi connectivity index (χ4n) is 2.96. The van der Waals surface area contributed by atoms with E-state index in [9.17, 15) is 4.79 Å². The third kappa shape index (κ3) is 4.16. The number of benzene rings is 2. The molecule has 0 aliphatic carbocycles. The van der Waals surface area contributed by atoms with E-state index < -0.39 is 0 Å². The quantitative estimate of drug-likeness (QED) is 0.819. The first-order valence-electron chi connectivity index (χ1n) is 8.34. The molecule has 1 aliphatic rings. The summed E-state index contributed by atoms with van der Waals surface area (Å²) in [5.74, 6) is 0.0843. The van der Waals surface area contributed by atoms with E-state index in [1.807, 2.05) is 60.4 Å². The zero-order valence-corrected chi connectivity index (χ0v) is 14.6. The Morgan fingerprint density at radius 2 is 1.96 bits per heavy atom. The fourth-order valence-corrected chi connectivity index (χ4v) is 3.15. The predicted molar refractivity (Wildman–Crippen MR) is 96.3 cm³/mol. The van der Waals surface area contributed by atoms with Crippen LogP contribution in [0.1, 0.15) is 34.3 Å². The number of amides is 1. The van der Waals surface area contributed by atoms with E-state index in [1.165, 1.54) is 0 Å². The van der Waals surface area contributed by atoms with Gasteiger partial charge in [-0.2, -0.15) is 0 Å². The van der Waals surface area contributed by atoms with Crippen LogP contribution in [0, 0.1) is 6.92 Å². The van der Waals surface area contributed by atoms with Crippen molar-refractivity contribution in [1.29, 1.82) is 0 Å². The maximum absolute atomic E-state index is 12.6. The smallest absolute Gasteiger partial charge is 0.253 e. The number of aryl methyl sites for hydroxylation is 1. The molecule has 24 heavy (non-hydrogen) atoms. The lowest BCUT2D eigenvalue weighted by molar-refractivity contribution is -0.00670. The zero-order valence-electron chi connectivity index (χ0n) is 13.9. The molecule has 1 unspecified atom stereocenters. The van der Waals surface area contributed by atoms with E-state index in [-0.39, 0.29) is 12.0 Å². The molecule has 4 heteroatoms. The molecule has 3 rings (SSSR count). The van der Waals surface area contributed by atoms with Gasteiger partial charge in [0.1, 0.15) is 0 Å². The lowest BCUT2D eigenvalue weighted by Crippen LogP contribution is -2.43. The Bertz CT molecular complexity index is 699. The van der Waals surface area contributed by atoms with Crippen LogP contribution in [0.4, 0.5) is 0 Å². The summed E-state index contributed by atoms with van der Waals surface area (Å²) in [6.07, 6.45) is 2.00. The van der Waals surface area contributed by atoms with Gasteiger partial charge in [0.15, 0.2) is 0 Å². The molecule has 1 heterocycles. The van der Waals surface area contributed by atoms with Crippen molar-refractivity contribution in [3.63, 3.8) is 0 Å². The number of likely N-dealkylation sites (tertiary alicyclic amines) is 1. The van der Waals surface area contributed by atoms with Gasteiger partial charge in [-0.15, -0.1) is 0 Å². The van der Waals surface area contributed by atoms with E-state index >= 15 is 0 Å². The molecule has 1 atom stereocenters. The summed E-state index contributed by atoms with van der Waals surface area (Å²) >= 11 is 6.17. The van der Waals surface area contributed by atoms with Crippen LogP contribution in [-0.2, 0) is 11.3 Å². The summed E-state index contributed by atoms with van der Waals surface area (Å²) in [6.45, 7) is 3.93. The predicted octanol–water partition coefficient (Wildman–Crippen LogP) is 4.47. The molecular formula is C20H22ClNO2. The fraction of sp³-hybridized carbons (Fsp3) is 0.350. The average Bonchev–Trinajstić information content (AvgIpc) is 2.61. The van der Waals surface area contributed by atoms with Crippen LogP contribution in [0.25, 0.3) is 0 Å². The van der Waals surface area contributed by atoms with Crippen molar-refractivity contribution in [2.75, 3.05) is 13.1 Å². The Kier molecular flexibility index (Phi) is 5.54. The Morgan fingerprint density at radius 3 is 2.71 bits per heavy atom. The second kappa shape index (κ2) is 7.82. The molecular weight excluding hydrogens is 322 g/mol. The zero-order chi connectivity index (χ0) is 16.9. The molecule has 0 spiro atoms. The first-order chi connectivity index (χ1) is 11.6. The van der Waals surface area contributed by atoms with Gasteiger partial charge in [-0.25, -0.2) is 0 Å². The van der Waals surface area contributed by atoms with E-state index in [0.717, 1.165) is 41.1 Å². The Labute approximate surface area is 148 Å². The minimum absolute atomic E-state index is 0.0596. The van der Waals surface area contributed by atoms with Gasteiger partial charge in [0.05, 0.1) is 12.7 Å². The molecule has 1 fully saturated rings.